The predicted molar refractivity (Wildman–Crippen MR) is 44.6 cm³/mol. The molecule has 0 aromatic rings. The van der Waals surface area contributed by atoms with Crippen LogP contribution in [0, 0.1) is 0 Å². The van der Waals surface area contributed by atoms with Crippen molar-refractivity contribution in [1.29, 1.82) is 0 Å². The minimum absolute atomic E-state index is 0.0451. The minimum atomic E-state index is 0.0451. The van der Waals surface area contributed by atoms with Gasteiger partial charge in [-0.25, -0.2) is 0 Å². The van der Waals surface area contributed by atoms with E-state index in [9.17, 15) is 0 Å². The number of rotatable bonds is 4. The molecule has 1 unspecified atom stereocenters. The fraction of sp³-hybridized carbons (Fsp3) is 1.00. The SMILES string of the molecule is COCC1(SOC)CCOC1. The summed E-state index contributed by atoms with van der Waals surface area (Å²) >= 11 is 1.46. The second-order valence-corrected chi connectivity index (χ2v) is 4.03. The first kappa shape index (κ1) is 9.32. The minimum Gasteiger partial charge on any atom is -0.383 e. The van der Waals surface area contributed by atoms with Gasteiger partial charge in [0.15, 0.2) is 0 Å². The molecule has 0 N–H and O–H groups in total. The summed E-state index contributed by atoms with van der Waals surface area (Å²) in [6, 6.07) is 0. The van der Waals surface area contributed by atoms with Crippen LogP contribution in [0.2, 0.25) is 0 Å². The van der Waals surface area contributed by atoms with Crippen molar-refractivity contribution in [3.05, 3.63) is 0 Å². The molecule has 0 aromatic heterocycles. The van der Waals surface area contributed by atoms with E-state index in [1.54, 1.807) is 14.2 Å². The quantitative estimate of drug-likeness (QED) is 0.602. The molecule has 1 rings (SSSR count). The van der Waals surface area contributed by atoms with E-state index >= 15 is 0 Å². The second-order valence-electron chi connectivity index (χ2n) is 2.67. The van der Waals surface area contributed by atoms with Crippen molar-refractivity contribution in [3.63, 3.8) is 0 Å². The maximum absolute atomic E-state index is 5.28. The predicted octanol–water partition coefficient (Wildman–Crippen LogP) is 1.09. The van der Waals surface area contributed by atoms with Crippen molar-refractivity contribution in [2.75, 3.05) is 34.0 Å². The number of ether oxygens (including phenoxy) is 2. The van der Waals surface area contributed by atoms with E-state index in [0.29, 0.717) is 6.61 Å². The second kappa shape index (κ2) is 4.30. The first-order valence-electron chi connectivity index (χ1n) is 3.61. The standard InChI is InChI=1S/C7H14O3S/c1-8-5-7(11-9-2)3-4-10-6-7/h3-6H2,1-2H3. The molecule has 1 aliphatic heterocycles. The van der Waals surface area contributed by atoms with Crippen molar-refractivity contribution >= 4 is 12.0 Å². The number of methoxy groups -OCH3 is 1. The van der Waals surface area contributed by atoms with Crippen LogP contribution in [0.5, 0.6) is 0 Å². The van der Waals surface area contributed by atoms with E-state index < -0.39 is 0 Å². The maximum Gasteiger partial charge on any atom is 0.0909 e. The first-order valence-corrected chi connectivity index (χ1v) is 4.36. The van der Waals surface area contributed by atoms with E-state index in [2.05, 4.69) is 0 Å². The molecule has 1 heterocycles. The average Bonchev–Trinajstić information content (AvgIpc) is 2.39. The van der Waals surface area contributed by atoms with Crippen LogP contribution in [0.25, 0.3) is 0 Å². The third-order valence-corrected chi connectivity index (χ3v) is 2.69. The Morgan fingerprint density at radius 3 is 2.82 bits per heavy atom. The van der Waals surface area contributed by atoms with Gasteiger partial charge in [0, 0.05) is 25.8 Å². The Morgan fingerprint density at radius 2 is 2.36 bits per heavy atom. The summed E-state index contributed by atoms with van der Waals surface area (Å²) in [7, 11) is 3.39. The van der Waals surface area contributed by atoms with Crippen molar-refractivity contribution in [2.24, 2.45) is 0 Å². The van der Waals surface area contributed by atoms with Gasteiger partial charge in [-0.05, 0) is 6.42 Å². The topological polar surface area (TPSA) is 27.7 Å². The van der Waals surface area contributed by atoms with Crippen LogP contribution in [0.1, 0.15) is 6.42 Å². The van der Waals surface area contributed by atoms with E-state index in [1.165, 1.54) is 12.0 Å². The Hall–Kier alpha value is 0.230. The molecule has 66 valence electrons. The van der Waals surface area contributed by atoms with Gasteiger partial charge < -0.3 is 13.7 Å². The van der Waals surface area contributed by atoms with Crippen molar-refractivity contribution in [2.45, 2.75) is 11.2 Å². The third-order valence-electron chi connectivity index (χ3n) is 1.73. The smallest absolute Gasteiger partial charge is 0.0909 e. The highest BCUT2D eigenvalue weighted by Crippen LogP contribution is 2.34. The van der Waals surface area contributed by atoms with Crippen LogP contribution in [0.4, 0.5) is 0 Å². The van der Waals surface area contributed by atoms with Crippen LogP contribution < -0.4 is 0 Å². The lowest BCUT2D eigenvalue weighted by molar-refractivity contribution is 0.140. The molecule has 1 fully saturated rings. The zero-order valence-electron chi connectivity index (χ0n) is 6.96. The van der Waals surface area contributed by atoms with E-state index in [1.807, 2.05) is 0 Å². The fourth-order valence-electron chi connectivity index (χ4n) is 1.23. The van der Waals surface area contributed by atoms with Crippen LogP contribution in [0.15, 0.2) is 0 Å². The summed E-state index contributed by atoms with van der Waals surface area (Å²) in [5.41, 5.74) is 0. The van der Waals surface area contributed by atoms with Gasteiger partial charge >= 0.3 is 0 Å². The number of hydrogen-bond donors (Lipinski definition) is 0. The first-order chi connectivity index (χ1) is 5.33. The zero-order chi connectivity index (χ0) is 8.16. The molecular weight excluding hydrogens is 164 g/mol. The van der Waals surface area contributed by atoms with E-state index in [0.717, 1.165) is 19.6 Å². The Balaban J connectivity index is 2.40. The van der Waals surface area contributed by atoms with Crippen LogP contribution in [0.3, 0.4) is 0 Å². The van der Waals surface area contributed by atoms with Crippen molar-refractivity contribution in [3.8, 4) is 0 Å². The largest absolute Gasteiger partial charge is 0.383 e. The molecule has 0 saturated carbocycles. The molecule has 0 bridgehead atoms. The molecule has 11 heavy (non-hydrogen) atoms. The molecule has 0 aromatic carbocycles. The Morgan fingerprint density at radius 1 is 1.55 bits per heavy atom. The van der Waals surface area contributed by atoms with Gasteiger partial charge in [-0.2, -0.15) is 0 Å². The normalized spacial score (nSPS) is 31.1. The van der Waals surface area contributed by atoms with E-state index in [4.69, 9.17) is 13.7 Å². The van der Waals surface area contributed by atoms with Crippen molar-refractivity contribution < 1.29 is 13.7 Å². The summed E-state index contributed by atoms with van der Waals surface area (Å²) in [4.78, 5) is 0. The molecule has 0 spiro atoms. The molecule has 1 atom stereocenters. The lowest BCUT2D eigenvalue weighted by Crippen LogP contribution is -2.30. The van der Waals surface area contributed by atoms with Gasteiger partial charge in [0.2, 0.25) is 0 Å². The maximum atomic E-state index is 5.28. The Bertz CT molecular complexity index is 104. The van der Waals surface area contributed by atoms with Crippen LogP contribution >= 0.6 is 12.0 Å². The summed E-state index contributed by atoms with van der Waals surface area (Å²) in [6.45, 7) is 2.25. The highest BCUT2D eigenvalue weighted by molar-refractivity contribution is 7.96. The van der Waals surface area contributed by atoms with Crippen LogP contribution in [-0.2, 0) is 13.7 Å². The molecule has 0 amide bonds. The summed E-state index contributed by atoms with van der Waals surface area (Å²) in [6.07, 6.45) is 1.01. The van der Waals surface area contributed by atoms with Gasteiger partial charge in [-0.15, -0.1) is 0 Å². The van der Waals surface area contributed by atoms with Gasteiger partial charge in [0.25, 0.3) is 0 Å². The fourth-order valence-corrected chi connectivity index (χ4v) is 2.05. The Kier molecular flexibility index (Phi) is 3.65. The lowest BCUT2D eigenvalue weighted by Gasteiger charge is -2.23. The molecule has 3 nitrogen and oxygen atoms in total. The van der Waals surface area contributed by atoms with Gasteiger partial charge in [0.05, 0.1) is 25.1 Å². The molecule has 1 aliphatic rings. The lowest BCUT2D eigenvalue weighted by atomic mass is 10.1. The molecular formula is C7H14O3S. The highest BCUT2D eigenvalue weighted by atomic mass is 32.2. The molecule has 1 saturated heterocycles. The zero-order valence-corrected chi connectivity index (χ0v) is 7.78. The molecule has 0 radical (unpaired) electrons. The third kappa shape index (κ3) is 2.33. The molecule has 0 aliphatic carbocycles. The monoisotopic (exact) mass is 178 g/mol. The van der Waals surface area contributed by atoms with Crippen LogP contribution in [-0.4, -0.2) is 38.8 Å². The highest BCUT2D eigenvalue weighted by Gasteiger charge is 2.36. The number of hydrogen-bond acceptors (Lipinski definition) is 4. The average molecular weight is 178 g/mol. The summed E-state index contributed by atoms with van der Waals surface area (Å²) in [5, 5.41) is 0. The van der Waals surface area contributed by atoms with Crippen molar-refractivity contribution in [1.82, 2.24) is 0 Å². The Labute approximate surface area is 71.6 Å². The van der Waals surface area contributed by atoms with Gasteiger partial charge in [0.1, 0.15) is 0 Å². The van der Waals surface area contributed by atoms with Gasteiger partial charge in [-0.1, -0.05) is 0 Å². The summed E-state index contributed by atoms with van der Waals surface area (Å²) in [5.74, 6) is 0. The van der Waals surface area contributed by atoms with Gasteiger partial charge in [-0.3, -0.25) is 0 Å². The molecule has 4 heteroatoms. The van der Waals surface area contributed by atoms with E-state index in [-0.39, 0.29) is 4.75 Å². The summed E-state index contributed by atoms with van der Waals surface area (Å²) < 4.78 is 15.5.